The first-order valence-electron chi connectivity index (χ1n) is 11.0. The highest BCUT2D eigenvalue weighted by atomic mass is 16.5. The predicted molar refractivity (Wildman–Crippen MR) is 126 cm³/mol. The monoisotopic (exact) mass is 437 g/mol. The van der Waals surface area contributed by atoms with Gasteiger partial charge in [-0.05, 0) is 36.2 Å². The summed E-state index contributed by atoms with van der Waals surface area (Å²) in [6.45, 7) is 0.688. The first-order chi connectivity index (χ1) is 16.2. The topological polar surface area (TPSA) is 76.0 Å². The average Bonchev–Trinajstić information content (AvgIpc) is 3.44. The first kappa shape index (κ1) is 19.5. The van der Waals surface area contributed by atoms with E-state index in [2.05, 4.69) is 33.4 Å². The number of nitrogens with one attached hydrogen (secondary N) is 1. The molecule has 0 aliphatic carbocycles. The summed E-state index contributed by atoms with van der Waals surface area (Å²) in [4.78, 5) is 20.6. The summed E-state index contributed by atoms with van der Waals surface area (Å²) in [5, 5.41) is 10.2. The Hall–Kier alpha value is -4.13. The number of amides is 1. The van der Waals surface area contributed by atoms with E-state index in [0.29, 0.717) is 6.54 Å². The molecule has 7 nitrogen and oxygen atoms in total. The molecule has 1 N–H and O–H groups in total. The van der Waals surface area contributed by atoms with Crippen molar-refractivity contribution in [3.63, 3.8) is 0 Å². The second kappa shape index (κ2) is 7.78. The number of benzene rings is 3. The number of aromatic amines is 1. The van der Waals surface area contributed by atoms with E-state index in [1.165, 1.54) is 15.7 Å². The molecule has 1 aliphatic rings. The molecule has 3 aromatic carbocycles. The zero-order valence-corrected chi connectivity index (χ0v) is 18.2. The van der Waals surface area contributed by atoms with Gasteiger partial charge in [0.1, 0.15) is 29.4 Å². The quantitative estimate of drug-likeness (QED) is 0.459. The van der Waals surface area contributed by atoms with Gasteiger partial charge in [-0.2, -0.15) is 15.0 Å². The molecule has 0 fully saturated rings. The lowest BCUT2D eigenvalue weighted by Gasteiger charge is -2.36. The van der Waals surface area contributed by atoms with E-state index in [1.807, 2.05) is 59.5 Å². The smallest absolute Gasteiger partial charge is 0.247 e. The largest absolute Gasteiger partial charge is 0.496 e. The number of aromatic nitrogens is 4. The zero-order chi connectivity index (χ0) is 22.4. The number of fused-ring (bicyclic) bond motifs is 4. The molecule has 0 bridgehead atoms. The van der Waals surface area contributed by atoms with Crippen molar-refractivity contribution in [3.8, 4) is 5.75 Å². The standard InChI is InChI=1S/C26H23N5O2/c1-33-23-13-7-3-9-19(23)26-25-18(17-8-2-4-10-20(17)27-25)14-15-30(26)24(32)16-31-28-21-11-5-6-12-22(21)29-31/h2-13,26-27H,14-16H2,1H3. The van der Waals surface area contributed by atoms with Crippen LogP contribution in [0.2, 0.25) is 0 Å². The SMILES string of the molecule is COc1ccccc1C1c2[nH]c3ccccc3c2CCN1C(=O)Cn1nc2ccccc2n1. The van der Waals surface area contributed by atoms with Gasteiger partial charge in [-0.15, -0.1) is 0 Å². The highest BCUT2D eigenvalue weighted by Crippen LogP contribution is 2.41. The summed E-state index contributed by atoms with van der Waals surface area (Å²) in [6, 6.07) is 23.6. The molecule has 6 rings (SSSR count). The van der Waals surface area contributed by atoms with Gasteiger partial charge < -0.3 is 14.6 Å². The van der Waals surface area contributed by atoms with Crippen LogP contribution in [0.3, 0.4) is 0 Å². The lowest BCUT2D eigenvalue weighted by molar-refractivity contribution is -0.134. The van der Waals surface area contributed by atoms with Crippen LogP contribution in [0.4, 0.5) is 0 Å². The molecule has 1 unspecified atom stereocenters. The van der Waals surface area contributed by atoms with Gasteiger partial charge in [0.2, 0.25) is 5.91 Å². The molecule has 3 heterocycles. The number of carbonyl (C=O) groups is 1. The number of nitrogens with zero attached hydrogens (tertiary/aromatic N) is 4. The summed E-state index contributed by atoms with van der Waals surface area (Å²) >= 11 is 0. The van der Waals surface area contributed by atoms with Crippen molar-refractivity contribution in [2.24, 2.45) is 0 Å². The summed E-state index contributed by atoms with van der Waals surface area (Å²) < 4.78 is 5.69. The Morgan fingerprint density at radius 1 is 1.00 bits per heavy atom. The van der Waals surface area contributed by atoms with Crippen LogP contribution in [-0.2, 0) is 17.8 Å². The zero-order valence-electron chi connectivity index (χ0n) is 18.2. The molecule has 1 atom stereocenters. The third-order valence-corrected chi connectivity index (χ3v) is 6.39. The van der Waals surface area contributed by atoms with Gasteiger partial charge in [0.05, 0.1) is 7.11 Å². The van der Waals surface area contributed by atoms with E-state index in [-0.39, 0.29) is 18.5 Å². The maximum absolute atomic E-state index is 13.6. The number of hydrogen-bond acceptors (Lipinski definition) is 4. The Morgan fingerprint density at radius 3 is 2.48 bits per heavy atom. The molecule has 164 valence electrons. The van der Waals surface area contributed by atoms with Crippen LogP contribution in [0.5, 0.6) is 5.75 Å². The van der Waals surface area contributed by atoms with Crippen LogP contribution >= 0.6 is 0 Å². The molecule has 7 heteroatoms. The lowest BCUT2D eigenvalue weighted by atomic mass is 9.91. The van der Waals surface area contributed by atoms with Crippen LogP contribution in [0, 0.1) is 0 Å². The van der Waals surface area contributed by atoms with Gasteiger partial charge >= 0.3 is 0 Å². The normalized spacial score (nSPS) is 15.7. The fourth-order valence-electron chi connectivity index (χ4n) is 4.91. The Morgan fingerprint density at radius 2 is 1.70 bits per heavy atom. The molecule has 0 saturated heterocycles. The molecule has 0 spiro atoms. The van der Waals surface area contributed by atoms with Crippen LogP contribution < -0.4 is 4.74 Å². The Bertz CT molecular complexity index is 1450. The molecule has 0 radical (unpaired) electrons. The van der Waals surface area contributed by atoms with Crippen molar-refractivity contribution >= 4 is 27.8 Å². The first-order valence-corrected chi connectivity index (χ1v) is 11.0. The highest BCUT2D eigenvalue weighted by Gasteiger charge is 2.36. The van der Waals surface area contributed by atoms with Gasteiger partial charge in [-0.3, -0.25) is 4.79 Å². The van der Waals surface area contributed by atoms with E-state index in [9.17, 15) is 4.79 Å². The molecule has 1 aliphatic heterocycles. The molecule has 5 aromatic rings. The number of carbonyl (C=O) groups excluding carboxylic acids is 1. The van der Waals surface area contributed by atoms with E-state index in [4.69, 9.17) is 4.74 Å². The second-order valence-corrected chi connectivity index (χ2v) is 8.26. The lowest BCUT2D eigenvalue weighted by Crippen LogP contribution is -2.42. The van der Waals surface area contributed by atoms with Crippen LogP contribution in [0.1, 0.15) is 22.9 Å². The fraction of sp³-hybridized carbons (Fsp3) is 0.192. The van der Waals surface area contributed by atoms with Gasteiger partial charge in [-0.25, -0.2) is 0 Å². The molecular weight excluding hydrogens is 414 g/mol. The third-order valence-electron chi connectivity index (χ3n) is 6.39. The van der Waals surface area contributed by atoms with Crippen molar-refractivity contribution in [3.05, 3.63) is 89.6 Å². The minimum absolute atomic E-state index is 0.0319. The van der Waals surface area contributed by atoms with E-state index < -0.39 is 0 Å². The Labute approximate surface area is 190 Å². The van der Waals surface area contributed by atoms with Gasteiger partial charge in [0.15, 0.2) is 0 Å². The minimum atomic E-state index is -0.283. The number of para-hydroxylation sites is 2. The minimum Gasteiger partial charge on any atom is -0.496 e. The van der Waals surface area contributed by atoms with Crippen molar-refractivity contribution in [1.82, 2.24) is 24.9 Å². The molecule has 33 heavy (non-hydrogen) atoms. The number of methoxy groups -OCH3 is 1. The van der Waals surface area contributed by atoms with Crippen molar-refractivity contribution < 1.29 is 9.53 Å². The number of H-pyrrole nitrogens is 1. The second-order valence-electron chi connectivity index (χ2n) is 8.26. The van der Waals surface area contributed by atoms with Crippen LogP contribution in [0.15, 0.2) is 72.8 Å². The van der Waals surface area contributed by atoms with Crippen molar-refractivity contribution in [1.29, 1.82) is 0 Å². The molecule has 1 amide bonds. The van der Waals surface area contributed by atoms with Crippen molar-refractivity contribution in [2.45, 2.75) is 19.0 Å². The maximum atomic E-state index is 13.6. The highest BCUT2D eigenvalue weighted by molar-refractivity contribution is 5.87. The Kier molecular flexibility index (Phi) is 4.61. The number of ether oxygens (including phenoxy) is 1. The van der Waals surface area contributed by atoms with Gasteiger partial charge in [-0.1, -0.05) is 48.5 Å². The number of hydrogen-bond donors (Lipinski definition) is 1. The van der Waals surface area contributed by atoms with E-state index >= 15 is 0 Å². The molecule has 0 saturated carbocycles. The van der Waals surface area contributed by atoms with Crippen LogP contribution in [0.25, 0.3) is 21.9 Å². The van der Waals surface area contributed by atoms with Gasteiger partial charge in [0, 0.05) is 28.7 Å². The molecular formula is C26H23N5O2. The third kappa shape index (κ3) is 3.24. The predicted octanol–water partition coefficient (Wildman–Crippen LogP) is 4.10. The van der Waals surface area contributed by atoms with Gasteiger partial charge in [0.25, 0.3) is 0 Å². The number of rotatable bonds is 4. The molecule has 2 aromatic heterocycles. The summed E-state index contributed by atoms with van der Waals surface area (Å²) in [5.74, 6) is 0.727. The van der Waals surface area contributed by atoms with E-state index in [1.54, 1.807) is 7.11 Å². The summed E-state index contributed by atoms with van der Waals surface area (Å²) in [7, 11) is 1.67. The van der Waals surface area contributed by atoms with Crippen molar-refractivity contribution in [2.75, 3.05) is 13.7 Å². The summed E-state index contributed by atoms with van der Waals surface area (Å²) in [6.07, 6.45) is 0.783. The van der Waals surface area contributed by atoms with E-state index in [0.717, 1.165) is 40.0 Å². The summed E-state index contributed by atoms with van der Waals surface area (Å²) in [5.41, 5.74) is 5.90. The fourth-order valence-corrected chi connectivity index (χ4v) is 4.91. The van der Waals surface area contributed by atoms with Crippen LogP contribution in [-0.4, -0.2) is 44.4 Å². The average molecular weight is 438 g/mol. The Balaban J connectivity index is 1.44. The maximum Gasteiger partial charge on any atom is 0.247 e.